The average molecular weight is 435 g/mol. The Kier molecular flexibility index (Phi) is 2.83. The highest BCUT2D eigenvalue weighted by molar-refractivity contribution is 6.27. The highest BCUT2D eigenvalue weighted by Crippen LogP contribution is 2.47. The molecule has 0 bridgehead atoms. The molecule has 1 atom stereocenters. The summed E-state index contributed by atoms with van der Waals surface area (Å²) in [5.41, 5.74) is 6.38. The number of aromatic nitrogens is 1. The number of rotatable bonds is 0. The molecule has 158 valence electrons. The monoisotopic (exact) mass is 435 g/mol. The van der Waals surface area contributed by atoms with E-state index >= 15 is 0 Å². The second-order valence-electron chi connectivity index (χ2n) is 9.30. The molecule has 0 saturated heterocycles. The first-order valence-corrected chi connectivity index (χ1v) is 11.6. The molecule has 4 aromatic carbocycles. The zero-order valence-electron chi connectivity index (χ0n) is 18.0. The third-order valence-corrected chi connectivity index (χ3v) is 7.49. The Labute approximate surface area is 193 Å². The fourth-order valence-electron chi connectivity index (χ4n) is 5.99. The highest BCUT2D eigenvalue weighted by atomic mass is 16.3. The van der Waals surface area contributed by atoms with Gasteiger partial charge in [-0.05, 0) is 40.8 Å². The summed E-state index contributed by atoms with van der Waals surface area (Å²) in [5, 5.41) is 12.2. The largest absolute Gasteiger partial charge is 0.456 e. The van der Waals surface area contributed by atoms with Crippen molar-refractivity contribution >= 4 is 78.5 Å². The van der Waals surface area contributed by atoms with Gasteiger partial charge in [-0.2, -0.15) is 0 Å². The number of fused-ring (bicyclic) bond motifs is 11. The van der Waals surface area contributed by atoms with E-state index in [-0.39, 0.29) is 6.04 Å². The quantitative estimate of drug-likeness (QED) is 0.331. The lowest BCUT2D eigenvalue weighted by Crippen LogP contribution is -2.40. The number of benzene rings is 4. The molecule has 1 aliphatic heterocycles. The molecule has 4 nitrogen and oxygen atoms in total. The van der Waals surface area contributed by atoms with Gasteiger partial charge in [-0.3, -0.25) is 4.40 Å². The maximum atomic E-state index is 6.21. The Bertz CT molecular complexity index is 2160. The van der Waals surface area contributed by atoms with Gasteiger partial charge in [0, 0.05) is 26.9 Å². The predicted octanol–water partition coefficient (Wildman–Crippen LogP) is 5.72. The van der Waals surface area contributed by atoms with Gasteiger partial charge in [0.25, 0.3) is 0 Å². The van der Waals surface area contributed by atoms with Gasteiger partial charge in [-0.25, -0.2) is 4.99 Å². The molecule has 0 saturated carbocycles. The molecule has 4 heterocycles. The molecule has 4 heteroatoms. The molecular formula is C30H17N3O. The predicted molar refractivity (Wildman–Crippen MR) is 140 cm³/mol. The number of anilines is 1. The Morgan fingerprint density at radius 3 is 2.53 bits per heavy atom. The summed E-state index contributed by atoms with van der Waals surface area (Å²) < 4.78 is 8.54. The van der Waals surface area contributed by atoms with Gasteiger partial charge in [0.2, 0.25) is 0 Å². The van der Waals surface area contributed by atoms with Crippen molar-refractivity contribution in [3.05, 3.63) is 89.3 Å². The fourth-order valence-corrected chi connectivity index (χ4v) is 5.99. The summed E-state index contributed by atoms with van der Waals surface area (Å²) in [5.74, 6) is 0.976. The van der Waals surface area contributed by atoms with Crippen LogP contribution in [0, 0.1) is 0 Å². The third-order valence-electron chi connectivity index (χ3n) is 7.49. The van der Waals surface area contributed by atoms with Crippen LogP contribution in [0.15, 0.2) is 88.3 Å². The number of hydrogen-bond donors (Lipinski definition) is 1. The second kappa shape index (κ2) is 5.67. The minimum absolute atomic E-state index is 0.0734. The topological polar surface area (TPSA) is 41.9 Å². The Balaban J connectivity index is 1.44. The lowest BCUT2D eigenvalue weighted by Gasteiger charge is -2.24. The van der Waals surface area contributed by atoms with Gasteiger partial charge in [0.15, 0.2) is 5.82 Å². The van der Waals surface area contributed by atoms with Crippen LogP contribution in [0.4, 0.5) is 11.5 Å². The van der Waals surface area contributed by atoms with Gasteiger partial charge in [0.05, 0.1) is 28.5 Å². The van der Waals surface area contributed by atoms with Crippen molar-refractivity contribution < 1.29 is 4.42 Å². The summed E-state index contributed by atoms with van der Waals surface area (Å²) in [7, 11) is 0. The third kappa shape index (κ3) is 1.94. The number of nitrogens with zero attached hydrogens (tertiary/aromatic N) is 2. The first-order valence-electron chi connectivity index (χ1n) is 11.6. The van der Waals surface area contributed by atoms with E-state index in [4.69, 9.17) is 9.41 Å². The lowest BCUT2D eigenvalue weighted by molar-refractivity contribution is 0.669. The molecule has 0 spiro atoms. The van der Waals surface area contributed by atoms with Gasteiger partial charge in [-0.1, -0.05) is 60.7 Å². The van der Waals surface area contributed by atoms with Crippen LogP contribution in [0.2, 0.25) is 0 Å². The maximum absolute atomic E-state index is 6.21. The Hall–Kier alpha value is -4.57. The SMILES string of the molecule is C1=c2ccccc2=CC2Nc3c(n4c5cc6c(cc5c5cccc3c54)oc3ccccc36)N=C12. The van der Waals surface area contributed by atoms with E-state index in [9.17, 15) is 0 Å². The average Bonchev–Trinajstić information content (AvgIpc) is 3.51. The molecule has 7 aromatic rings. The minimum Gasteiger partial charge on any atom is -0.456 e. The number of aliphatic imine (C=N–C) groups is 1. The normalized spacial score (nSPS) is 16.8. The van der Waals surface area contributed by atoms with Crippen molar-refractivity contribution in [2.45, 2.75) is 6.04 Å². The molecule has 34 heavy (non-hydrogen) atoms. The van der Waals surface area contributed by atoms with Gasteiger partial charge >= 0.3 is 0 Å². The maximum Gasteiger partial charge on any atom is 0.162 e. The van der Waals surface area contributed by atoms with Crippen molar-refractivity contribution in [1.29, 1.82) is 0 Å². The van der Waals surface area contributed by atoms with Gasteiger partial charge in [-0.15, -0.1) is 0 Å². The van der Waals surface area contributed by atoms with Crippen LogP contribution in [0.3, 0.4) is 0 Å². The number of furan rings is 1. The van der Waals surface area contributed by atoms with E-state index in [2.05, 4.69) is 88.6 Å². The van der Waals surface area contributed by atoms with E-state index in [1.807, 2.05) is 12.1 Å². The van der Waals surface area contributed by atoms with Crippen LogP contribution in [0.1, 0.15) is 0 Å². The highest BCUT2D eigenvalue weighted by Gasteiger charge is 2.29. The number of hydrogen-bond acceptors (Lipinski definition) is 3. The molecular weight excluding hydrogens is 418 g/mol. The van der Waals surface area contributed by atoms with Crippen LogP contribution >= 0.6 is 0 Å². The van der Waals surface area contributed by atoms with Crippen LogP contribution < -0.4 is 15.8 Å². The van der Waals surface area contributed by atoms with Crippen molar-refractivity contribution in [1.82, 2.24) is 4.40 Å². The molecule has 0 amide bonds. The summed E-state index contributed by atoms with van der Waals surface area (Å²) in [6.45, 7) is 0. The number of para-hydroxylation sites is 2. The Morgan fingerprint density at radius 1 is 0.735 bits per heavy atom. The van der Waals surface area contributed by atoms with Crippen molar-refractivity contribution in [2.75, 3.05) is 5.32 Å². The molecule has 1 N–H and O–H groups in total. The smallest absolute Gasteiger partial charge is 0.162 e. The Morgan fingerprint density at radius 2 is 1.56 bits per heavy atom. The van der Waals surface area contributed by atoms with E-state index < -0.39 is 0 Å². The minimum atomic E-state index is 0.0734. The summed E-state index contributed by atoms with van der Waals surface area (Å²) in [4.78, 5) is 5.24. The van der Waals surface area contributed by atoms with Crippen molar-refractivity contribution in [3.8, 4) is 0 Å². The molecule has 9 rings (SSSR count). The fraction of sp³-hybridized carbons (Fsp3) is 0.0333. The van der Waals surface area contributed by atoms with Crippen molar-refractivity contribution in [2.24, 2.45) is 4.99 Å². The van der Waals surface area contributed by atoms with Crippen molar-refractivity contribution in [3.63, 3.8) is 0 Å². The first kappa shape index (κ1) is 17.0. The molecule has 0 radical (unpaired) electrons. The van der Waals surface area contributed by atoms with Crippen LogP contribution in [0.25, 0.3) is 61.3 Å². The van der Waals surface area contributed by atoms with E-state index in [0.29, 0.717) is 0 Å². The molecule has 1 unspecified atom stereocenters. The van der Waals surface area contributed by atoms with E-state index in [0.717, 1.165) is 44.7 Å². The molecule has 2 aliphatic rings. The van der Waals surface area contributed by atoms with Crippen LogP contribution in [-0.2, 0) is 0 Å². The zero-order chi connectivity index (χ0) is 22.0. The van der Waals surface area contributed by atoms with E-state index in [1.165, 1.54) is 32.1 Å². The standard InChI is InChI=1S/C30H17N3O/c1-2-7-17-13-24-23(12-16(17)6-1)31-28-20-10-5-9-19-21-15-27-22(18-8-3-4-11-26(18)34-27)14-25(21)33(29(19)20)30(28)32-24/h1-15,23,31H. The van der Waals surface area contributed by atoms with E-state index in [1.54, 1.807) is 0 Å². The molecule has 1 aliphatic carbocycles. The van der Waals surface area contributed by atoms with Crippen LogP contribution in [0.5, 0.6) is 0 Å². The van der Waals surface area contributed by atoms with Crippen LogP contribution in [-0.4, -0.2) is 16.2 Å². The summed E-state index contributed by atoms with van der Waals surface area (Å²) in [6, 6.07) is 27.8. The van der Waals surface area contributed by atoms with Gasteiger partial charge in [0.1, 0.15) is 11.2 Å². The first-order chi connectivity index (χ1) is 16.8. The number of nitrogens with one attached hydrogen (secondary N) is 1. The summed E-state index contributed by atoms with van der Waals surface area (Å²) >= 11 is 0. The molecule has 3 aromatic heterocycles. The molecule has 0 fully saturated rings. The summed E-state index contributed by atoms with van der Waals surface area (Å²) in [6.07, 6.45) is 4.50. The lowest BCUT2D eigenvalue weighted by atomic mass is 9.99. The zero-order valence-corrected chi connectivity index (χ0v) is 18.0. The second-order valence-corrected chi connectivity index (χ2v) is 9.30. The van der Waals surface area contributed by atoms with Gasteiger partial charge < -0.3 is 9.73 Å².